The Bertz CT molecular complexity index is 354. The number of rotatable bonds is 4. The Kier molecular flexibility index (Phi) is 4.55. The van der Waals surface area contributed by atoms with Gasteiger partial charge in [-0.05, 0) is 13.8 Å². The van der Waals surface area contributed by atoms with Gasteiger partial charge in [0.1, 0.15) is 0 Å². The van der Waals surface area contributed by atoms with E-state index in [1.54, 1.807) is 0 Å². The zero-order valence-corrected chi connectivity index (χ0v) is 11.4. The Balaban J connectivity index is 1.86. The van der Waals surface area contributed by atoms with E-state index < -0.39 is 0 Å². The highest BCUT2D eigenvalue weighted by Crippen LogP contribution is 2.17. The first-order valence-electron chi connectivity index (χ1n) is 6.69. The van der Waals surface area contributed by atoms with Gasteiger partial charge in [-0.1, -0.05) is 6.58 Å². The number of hydrogen-bond donors (Lipinski definition) is 0. The largest absolute Gasteiger partial charge is 0.379 e. The molecule has 2 rings (SSSR count). The van der Waals surface area contributed by atoms with E-state index in [1.165, 1.54) is 0 Å². The molecule has 2 aliphatic heterocycles. The summed E-state index contributed by atoms with van der Waals surface area (Å²) in [7, 11) is 0. The standard InChI is InChI=1S/C14H23N3O/c1-12(2)17-11-14(15-10-13(17)3)4-5-16-6-8-18-9-7-16/h10-12H,3-9H2,1-2H3. The minimum absolute atomic E-state index is 0.433. The Morgan fingerprint density at radius 2 is 2.11 bits per heavy atom. The van der Waals surface area contributed by atoms with Crippen molar-refractivity contribution >= 4 is 6.21 Å². The lowest BCUT2D eigenvalue weighted by Gasteiger charge is -2.30. The van der Waals surface area contributed by atoms with Crippen LogP contribution in [0.15, 0.2) is 29.2 Å². The summed E-state index contributed by atoms with van der Waals surface area (Å²) in [6.07, 6.45) is 5.00. The first-order chi connectivity index (χ1) is 8.66. The van der Waals surface area contributed by atoms with Crippen molar-refractivity contribution in [2.24, 2.45) is 4.99 Å². The van der Waals surface area contributed by atoms with E-state index in [4.69, 9.17) is 4.74 Å². The molecule has 0 radical (unpaired) electrons. The number of morpholine rings is 1. The third-order valence-electron chi connectivity index (χ3n) is 3.34. The summed E-state index contributed by atoms with van der Waals surface area (Å²) < 4.78 is 5.35. The molecule has 0 saturated carbocycles. The topological polar surface area (TPSA) is 28.1 Å². The van der Waals surface area contributed by atoms with Gasteiger partial charge in [-0.15, -0.1) is 0 Å². The van der Waals surface area contributed by atoms with Crippen LogP contribution in [-0.4, -0.2) is 54.9 Å². The number of allylic oxidation sites excluding steroid dienone is 1. The van der Waals surface area contributed by atoms with Gasteiger partial charge < -0.3 is 9.64 Å². The molecular weight excluding hydrogens is 226 g/mol. The number of nitrogens with zero attached hydrogens (tertiary/aromatic N) is 3. The van der Waals surface area contributed by atoms with Crippen molar-refractivity contribution in [3.63, 3.8) is 0 Å². The number of aliphatic imine (C=N–C) groups is 1. The first-order valence-corrected chi connectivity index (χ1v) is 6.69. The maximum absolute atomic E-state index is 5.35. The fraction of sp³-hybridized carbons (Fsp3) is 0.643. The molecule has 100 valence electrons. The van der Waals surface area contributed by atoms with Crippen LogP contribution in [0, 0.1) is 0 Å². The van der Waals surface area contributed by atoms with E-state index in [0.29, 0.717) is 6.04 Å². The SMILES string of the molecule is C=C1C=NC(CCN2CCOCC2)=CN1C(C)C. The van der Waals surface area contributed by atoms with E-state index in [9.17, 15) is 0 Å². The fourth-order valence-corrected chi connectivity index (χ4v) is 2.21. The van der Waals surface area contributed by atoms with Crippen LogP contribution in [0.25, 0.3) is 0 Å². The van der Waals surface area contributed by atoms with Crippen molar-refractivity contribution in [2.75, 3.05) is 32.8 Å². The van der Waals surface area contributed by atoms with Gasteiger partial charge in [0, 0.05) is 38.3 Å². The van der Waals surface area contributed by atoms with Crippen LogP contribution in [0.3, 0.4) is 0 Å². The van der Waals surface area contributed by atoms with E-state index in [1.807, 2.05) is 6.21 Å². The molecule has 4 heteroatoms. The maximum Gasteiger partial charge on any atom is 0.0594 e. The molecule has 0 aromatic heterocycles. The van der Waals surface area contributed by atoms with Crippen LogP contribution >= 0.6 is 0 Å². The van der Waals surface area contributed by atoms with Crippen molar-refractivity contribution in [1.82, 2.24) is 9.80 Å². The van der Waals surface area contributed by atoms with E-state index in [0.717, 1.165) is 50.7 Å². The predicted molar refractivity (Wildman–Crippen MR) is 74.6 cm³/mol. The maximum atomic E-state index is 5.35. The summed E-state index contributed by atoms with van der Waals surface area (Å²) in [5.41, 5.74) is 2.11. The van der Waals surface area contributed by atoms with Gasteiger partial charge in [0.2, 0.25) is 0 Å². The minimum atomic E-state index is 0.433. The zero-order valence-electron chi connectivity index (χ0n) is 11.4. The van der Waals surface area contributed by atoms with Crippen LogP contribution in [-0.2, 0) is 4.74 Å². The lowest BCUT2D eigenvalue weighted by molar-refractivity contribution is 0.0383. The Hall–Kier alpha value is -1.13. The molecule has 0 aromatic rings. The predicted octanol–water partition coefficient (Wildman–Crippen LogP) is 1.86. The average Bonchev–Trinajstić information content (AvgIpc) is 2.38. The van der Waals surface area contributed by atoms with Crippen LogP contribution in [0.1, 0.15) is 20.3 Å². The van der Waals surface area contributed by atoms with Crippen LogP contribution < -0.4 is 0 Å². The van der Waals surface area contributed by atoms with Gasteiger partial charge in [-0.25, -0.2) is 0 Å². The molecule has 18 heavy (non-hydrogen) atoms. The summed E-state index contributed by atoms with van der Waals surface area (Å²) >= 11 is 0. The summed E-state index contributed by atoms with van der Waals surface area (Å²) in [6.45, 7) is 13.2. The molecular formula is C14H23N3O. The molecule has 1 fully saturated rings. The highest BCUT2D eigenvalue weighted by Gasteiger charge is 2.15. The van der Waals surface area contributed by atoms with Crippen LogP contribution in [0.2, 0.25) is 0 Å². The van der Waals surface area contributed by atoms with Gasteiger partial charge in [-0.2, -0.15) is 0 Å². The molecule has 4 nitrogen and oxygen atoms in total. The van der Waals surface area contributed by atoms with Crippen molar-refractivity contribution in [1.29, 1.82) is 0 Å². The molecule has 2 heterocycles. The fourth-order valence-electron chi connectivity index (χ4n) is 2.21. The molecule has 0 bridgehead atoms. The number of hydrogen-bond acceptors (Lipinski definition) is 4. The van der Waals surface area contributed by atoms with Crippen molar-refractivity contribution in [2.45, 2.75) is 26.3 Å². The van der Waals surface area contributed by atoms with Crippen molar-refractivity contribution < 1.29 is 4.74 Å². The molecule has 0 aromatic carbocycles. The third kappa shape index (κ3) is 3.43. The lowest BCUT2D eigenvalue weighted by atomic mass is 10.2. The van der Waals surface area contributed by atoms with E-state index in [2.05, 4.69) is 41.4 Å². The van der Waals surface area contributed by atoms with E-state index >= 15 is 0 Å². The average molecular weight is 249 g/mol. The zero-order chi connectivity index (χ0) is 13.0. The lowest BCUT2D eigenvalue weighted by Crippen LogP contribution is -2.37. The Labute approximate surface area is 110 Å². The normalized spacial score (nSPS) is 21.6. The molecule has 0 unspecified atom stereocenters. The molecule has 0 atom stereocenters. The number of ether oxygens (including phenoxy) is 1. The van der Waals surface area contributed by atoms with Crippen molar-refractivity contribution in [3.8, 4) is 0 Å². The highest BCUT2D eigenvalue weighted by atomic mass is 16.5. The molecule has 0 spiro atoms. The van der Waals surface area contributed by atoms with E-state index in [-0.39, 0.29) is 0 Å². The highest BCUT2D eigenvalue weighted by molar-refractivity contribution is 5.79. The second-order valence-corrected chi connectivity index (χ2v) is 5.08. The molecule has 1 saturated heterocycles. The van der Waals surface area contributed by atoms with Crippen LogP contribution in [0.4, 0.5) is 0 Å². The molecule has 2 aliphatic rings. The minimum Gasteiger partial charge on any atom is -0.379 e. The monoisotopic (exact) mass is 249 g/mol. The van der Waals surface area contributed by atoms with Gasteiger partial charge in [0.15, 0.2) is 0 Å². The quantitative estimate of drug-likeness (QED) is 0.761. The first kappa shape index (κ1) is 13.3. The summed E-state index contributed by atoms with van der Waals surface area (Å²) in [6, 6.07) is 0.433. The summed E-state index contributed by atoms with van der Waals surface area (Å²) in [5.74, 6) is 0. The van der Waals surface area contributed by atoms with Gasteiger partial charge >= 0.3 is 0 Å². The smallest absolute Gasteiger partial charge is 0.0594 e. The molecule has 0 N–H and O–H groups in total. The van der Waals surface area contributed by atoms with Gasteiger partial charge in [-0.3, -0.25) is 9.89 Å². The van der Waals surface area contributed by atoms with Gasteiger partial charge in [0.05, 0.1) is 30.8 Å². The van der Waals surface area contributed by atoms with Crippen molar-refractivity contribution in [3.05, 3.63) is 24.2 Å². The second kappa shape index (κ2) is 6.16. The summed E-state index contributed by atoms with van der Waals surface area (Å²) in [4.78, 5) is 9.08. The molecule has 0 amide bonds. The molecule has 0 aliphatic carbocycles. The summed E-state index contributed by atoms with van der Waals surface area (Å²) in [5, 5.41) is 0. The van der Waals surface area contributed by atoms with Crippen LogP contribution in [0.5, 0.6) is 0 Å². The second-order valence-electron chi connectivity index (χ2n) is 5.08. The Morgan fingerprint density at radius 3 is 2.78 bits per heavy atom. The van der Waals surface area contributed by atoms with Gasteiger partial charge in [0.25, 0.3) is 0 Å². The Morgan fingerprint density at radius 1 is 1.39 bits per heavy atom. The third-order valence-corrected chi connectivity index (χ3v) is 3.34.